The van der Waals surface area contributed by atoms with Gasteiger partial charge in [-0.05, 0) is 62.8 Å². The minimum Gasteiger partial charge on any atom is -0.371 e. The number of nitrogens with one attached hydrogen (secondary N) is 2. The van der Waals surface area contributed by atoms with Crippen LogP contribution in [0.4, 0.5) is 11.4 Å². The van der Waals surface area contributed by atoms with Crippen molar-refractivity contribution in [3.63, 3.8) is 0 Å². The molecule has 1 aliphatic heterocycles. The van der Waals surface area contributed by atoms with Crippen LogP contribution in [0.2, 0.25) is 0 Å². The van der Waals surface area contributed by atoms with Crippen LogP contribution in [0.25, 0.3) is 0 Å². The molecule has 166 valence electrons. The molecule has 1 aliphatic rings. The standard InChI is InChI=1S/C26H35N3O2/c1-5-22(20-9-7-6-8-10-20)25(30)28-21-11-12-24(29-15-13-19(4)14-16-29)23(17-21)26(31)27-18(2)3/h6-12,17-19,22H,5,13-16H2,1-4H3,(H,27,31)(H,28,30). The summed E-state index contributed by atoms with van der Waals surface area (Å²) in [6, 6.07) is 15.6. The van der Waals surface area contributed by atoms with E-state index in [0.29, 0.717) is 23.6 Å². The van der Waals surface area contributed by atoms with E-state index in [1.807, 2.05) is 69.3 Å². The second-order valence-electron chi connectivity index (χ2n) is 8.89. The van der Waals surface area contributed by atoms with Crippen LogP contribution in [-0.4, -0.2) is 30.9 Å². The summed E-state index contributed by atoms with van der Waals surface area (Å²) in [7, 11) is 0. The van der Waals surface area contributed by atoms with Crippen molar-refractivity contribution in [2.24, 2.45) is 5.92 Å². The third kappa shape index (κ3) is 5.87. The fourth-order valence-corrected chi connectivity index (χ4v) is 4.15. The molecule has 1 unspecified atom stereocenters. The van der Waals surface area contributed by atoms with E-state index in [4.69, 9.17) is 0 Å². The number of piperidine rings is 1. The minimum absolute atomic E-state index is 0.0440. The molecule has 2 aromatic rings. The summed E-state index contributed by atoms with van der Waals surface area (Å²) in [4.78, 5) is 28.3. The predicted octanol–water partition coefficient (Wildman–Crippen LogP) is 5.19. The lowest BCUT2D eigenvalue weighted by molar-refractivity contribution is -0.117. The molecule has 0 bridgehead atoms. The van der Waals surface area contributed by atoms with Crippen LogP contribution in [-0.2, 0) is 4.79 Å². The Labute approximate surface area is 186 Å². The molecule has 0 aliphatic carbocycles. The van der Waals surface area contributed by atoms with Gasteiger partial charge in [-0.15, -0.1) is 0 Å². The highest BCUT2D eigenvalue weighted by atomic mass is 16.2. The molecule has 0 aromatic heterocycles. The Morgan fingerprint density at radius 3 is 2.35 bits per heavy atom. The van der Waals surface area contributed by atoms with Crippen LogP contribution in [0.5, 0.6) is 0 Å². The molecule has 0 radical (unpaired) electrons. The molecule has 0 saturated carbocycles. The molecule has 0 spiro atoms. The first-order valence-electron chi connectivity index (χ1n) is 11.4. The first kappa shape index (κ1) is 22.9. The number of carbonyl (C=O) groups is 2. The highest BCUT2D eigenvalue weighted by Gasteiger charge is 2.23. The monoisotopic (exact) mass is 421 g/mol. The molecule has 2 amide bonds. The zero-order valence-corrected chi connectivity index (χ0v) is 19.2. The molecule has 5 heteroatoms. The van der Waals surface area contributed by atoms with Crippen molar-refractivity contribution in [2.75, 3.05) is 23.3 Å². The van der Waals surface area contributed by atoms with Gasteiger partial charge < -0.3 is 15.5 Å². The topological polar surface area (TPSA) is 61.4 Å². The number of amides is 2. The molecule has 1 fully saturated rings. The highest BCUT2D eigenvalue weighted by molar-refractivity contribution is 6.03. The van der Waals surface area contributed by atoms with Crippen LogP contribution in [0.3, 0.4) is 0 Å². The Kier molecular flexibility index (Phi) is 7.72. The lowest BCUT2D eigenvalue weighted by Crippen LogP contribution is -2.36. The van der Waals surface area contributed by atoms with Gasteiger partial charge >= 0.3 is 0 Å². The maximum Gasteiger partial charge on any atom is 0.253 e. The van der Waals surface area contributed by atoms with E-state index in [1.165, 1.54) is 0 Å². The molecule has 2 aromatic carbocycles. The second-order valence-corrected chi connectivity index (χ2v) is 8.89. The number of benzene rings is 2. The van der Waals surface area contributed by atoms with Crippen LogP contribution in [0.15, 0.2) is 48.5 Å². The van der Waals surface area contributed by atoms with Gasteiger partial charge in [-0.3, -0.25) is 9.59 Å². The van der Waals surface area contributed by atoms with E-state index in [9.17, 15) is 9.59 Å². The third-order valence-corrected chi connectivity index (χ3v) is 5.98. The fraction of sp³-hybridized carbons (Fsp3) is 0.462. The average molecular weight is 422 g/mol. The van der Waals surface area contributed by atoms with Gasteiger partial charge in [0.1, 0.15) is 0 Å². The normalized spacial score (nSPS) is 15.6. The first-order valence-corrected chi connectivity index (χ1v) is 11.4. The van der Waals surface area contributed by atoms with Gasteiger partial charge in [-0.1, -0.05) is 44.2 Å². The third-order valence-electron chi connectivity index (χ3n) is 5.98. The first-order chi connectivity index (χ1) is 14.9. The SMILES string of the molecule is CCC(C(=O)Nc1ccc(N2CCC(C)CC2)c(C(=O)NC(C)C)c1)c1ccccc1. The van der Waals surface area contributed by atoms with Crippen molar-refractivity contribution in [1.29, 1.82) is 0 Å². The molecular formula is C26H35N3O2. The summed E-state index contributed by atoms with van der Waals surface area (Å²) in [5, 5.41) is 6.05. The van der Waals surface area contributed by atoms with E-state index >= 15 is 0 Å². The van der Waals surface area contributed by atoms with Crippen LogP contribution >= 0.6 is 0 Å². The summed E-state index contributed by atoms with van der Waals surface area (Å²) in [6.07, 6.45) is 2.96. The summed E-state index contributed by atoms with van der Waals surface area (Å²) < 4.78 is 0. The smallest absolute Gasteiger partial charge is 0.253 e. The van der Waals surface area contributed by atoms with Gasteiger partial charge in [0.15, 0.2) is 0 Å². The Balaban J connectivity index is 1.85. The van der Waals surface area contributed by atoms with Gasteiger partial charge in [-0.25, -0.2) is 0 Å². The van der Waals surface area contributed by atoms with E-state index < -0.39 is 0 Å². The highest BCUT2D eigenvalue weighted by Crippen LogP contribution is 2.30. The summed E-state index contributed by atoms with van der Waals surface area (Å²) in [5.41, 5.74) is 3.22. The molecule has 2 N–H and O–H groups in total. The van der Waals surface area contributed by atoms with Crippen molar-refractivity contribution in [3.05, 3.63) is 59.7 Å². The zero-order chi connectivity index (χ0) is 22.4. The predicted molar refractivity (Wildman–Crippen MR) is 128 cm³/mol. The van der Waals surface area contributed by atoms with Crippen molar-refractivity contribution in [2.45, 2.75) is 58.9 Å². The van der Waals surface area contributed by atoms with Crippen LogP contribution < -0.4 is 15.5 Å². The number of carbonyl (C=O) groups excluding carboxylic acids is 2. The lowest BCUT2D eigenvalue weighted by atomic mass is 9.95. The number of hydrogen-bond donors (Lipinski definition) is 2. The fourth-order valence-electron chi connectivity index (χ4n) is 4.15. The van der Waals surface area contributed by atoms with Gasteiger partial charge in [0.25, 0.3) is 5.91 Å². The van der Waals surface area contributed by atoms with Gasteiger partial charge in [0.2, 0.25) is 5.91 Å². The maximum atomic E-state index is 13.0. The number of hydrogen-bond acceptors (Lipinski definition) is 3. The van der Waals surface area contributed by atoms with E-state index in [-0.39, 0.29) is 23.8 Å². The number of anilines is 2. The molecular weight excluding hydrogens is 386 g/mol. The Morgan fingerprint density at radius 1 is 1.06 bits per heavy atom. The summed E-state index contributed by atoms with van der Waals surface area (Å²) >= 11 is 0. The average Bonchev–Trinajstić information content (AvgIpc) is 2.75. The maximum absolute atomic E-state index is 13.0. The van der Waals surface area contributed by atoms with Gasteiger partial charge in [0, 0.05) is 30.5 Å². The van der Waals surface area contributed by atoms with Crippen LogP contribution in [0.1, 0.15) is 68.8 Å². The van der Waals surface area contributed by atoms with E-state index in [1.54, 1.807) is 0 Å². The molecule has 5 nitrogen and oxygen atoms in total. The Hall–Kier alpha value is -2.82. The minimum atomic E-state index is -0.225. The summed E-state index contributed by atoms with van der Waals surface area (Å²) in [5.74, 6) is 0.336. The Morgan fingerprint density at radius 2 is 1.74 bits per heavy atom. The molecule has 31 heavy (non-hydrogen) atoms. The number of nitrogens with zero attached hydrogens (tertiary/aromatic N) is 1. The van der Waals surface area contributed by atoms with Crippen molar-refractivity contribution < 1.29 is 9.59 Å². The van der Waals surface area contributed by atoms with Crippen LogP contribution in [0, 0.1) is 5.92 Å². The van der Waals surface area contributed by atoms with Crippen molar-refractivity contribution >= 4 is 23.2 Å². The van der Waals surface area contributed by atoms with Crippen molar-refractivity contribution in [1.82, 2.24) is 5.32 Å². The van der Waals surface area contributed by atoms with E-state index in [0.717, 1.165) is 37.2 Å². The molecule has 1 heterocycles. The zero-order valence-electron chi connectivity index (χ0n) is 19.2. The summed E-state index contributed by atoms with van der Waals surface area (Å²) in [6.45, 7) is 10.1. The Bertz CT molecular complexity index is 887. The number of rotatable bonds is 7. The van der Waals surface area contributed by atoms with E-state index in [2.05, 4.69) is 22.5 Å². The lowest BCUT2D eigenvalue weighted by Gasteiger charge is -2.33. The molecule has 1 saturated heterocycles. The van der Waals surface area contributed by atoms with Gasteiger partial charge in [0.05, 0.1) is 11.5 Å². The largest absolute Gasteiger partial charge is 0.371 e. The van der Waals surface area contributed by atoms with Crippen molar-refractivity contribution in [3.8, 4) is 0 Å². The quantitative estimate of drug-likeness (QED) is 0.646. The molecule has 3 rings (SSSR count). The molecule has 1 atom stereocenters. The second kappa shape index (κ2) is 10.5. The van der Waals surface area contributed by atoms with Gasteiger partial charge in [-0.2, -0.15) is 0 Å².